The van der Waals surface area contributed by atoms with Gasteiger partial charge in [-0.1, -0.05) is 6.07 Å². The zero-order valence-electron chi connectivity index (χ0n) is 15.1. The van der Waals surface area contributed by atoms with Crippen LogP contribution in [-0.4, -0.2) is 46.9 Å². The van der Waals surface area contributed by atoms with Crippen molar-refractivity contribution in [2.75, 3.05) is 19.9 Å². The lowest BCUT2D eigenvalue weighted by molar-refractivity contribution is 0.0971. The number of piperidine rings is 1. The molecule has 3 heterocycles. The number of hydrogen-bond donors (Lipinski definition) is 1. The third-order valence-electron chi connectivity index (χ3n) is 4.59. The van der Waals surface area contributed by atoms with Crippen LogP contribution in [-0.2, 0) is 6.54 Å². The van der Waals surface area contributed by atoms with Crippen LogP contribution in [0.3, 0.4) is 0 Å². The summed E-state index contributed by atoms with van der Waals surface area (Å²) >= 11 is 0. The maximum atomic E-state index is 12.5. The van der Waals surface area contributed by atoms with Crippen molar-refractivity contribution in [3.63, 3.8) is 0 Å². The van der Waals surface area contributed by atoms with Crippen molar-refractivity contribution in [3.05, 3.63) is 41.9 Å². The molecule has 9 heteroatoms. The fraction of sp³-hybridized carbons (Fsp3) is 0.368. The van der Waals surface area contributed by atoms with E-state index in [9.17, 15) is 4.79 Å². The number of ether oxygens (including phenoxy) is 3. The fourth-order valence-electron chi connectivity index (χ4n) is 3.21. The first kappa shape index (κ1) is 17.9. The van der Waals surface area contributed by atoms with Crippen LogP contribution >= 0.6 is 0 Å². The Morgan fingerprint density at radius 3 is 3.07 bits per heavy atom. The van der Waals surface area contributed by atoms with E-state index in [2.05, 4.69) is 15.3 Å². The number of aromatic nitrogens is 2. The Morgan fingerprint density at radius 1 is 1.32 bits per heavy atom. The maximum absolute atomic E-state index is 12.5. The molecule has 1 atom stereocenters. The van der Waals surface area contributed by atoms with E-state index in [4.69, 9.17) is 19.5 Å². The van der Waals surface area contributed by atoms with Crippen LogP contribution in [0.2, 0.25) is 0 Å². The summed E-state index contributed by atoms with van der Waals surface area (Å²) in [5.41, 5.74) is 1.08. The first-order valence-electron chi connectivity index (χ1n) is 9.02. The van der Waals surface area contributed by atoms with E-state index in [0.29, 0.717) is 31.1 Å². The van der Waals surface area contributed by atoms with Gasteiger partial charge in [0.25, 0.3) is 5.88 Å². The van der Waals surface area contributed by atoms with Gasteiger partial charge in [-0.05, 0) is 30.5 Å². The van der Waals surface area contributed by atoms with E-state index in [-0.39, 0.29) is 30.5 Å². The van der Waals surface area contributed by atoms with E-state index >= 15 is 0 Å². The molecule has 0 saturated carbocycles. The zero-order chi connectivity index (χ0) is 19.3. The Hall–Kier alpha value is -3.54. The molecular weight excluding hydrogens is 362 g/mol. The number of amides is 2. The minimum atomic E-state index is -0.228. The van der Waals surface area contributed by atoms with Gasteiger partial charge in [0.15, 0.2) is 11.5 Å². The summed E-state index contributed by atoms with van der Waals surface area (Å²) in [6, 6.07) is 7.40. The van der Waals surface area contributed by atoms with Crippen LogP contribution in [0.15, 0.2) is 30.6 Å². The standard InChI is InChI=1S/C19H19N5O4/c20-9-15-18(22-6-5-21-15)28-14-2-1-7-24(11-14)19(25)23-10-13-3-4-16-17(8-13)27-12-26-16/h3-6,8,14H,1-2,7,10-12H2,(H,23,25). The third-order valence-corrected chi connectivity index (χ3v) is 4.59. The molecule has 1 aromatic carbocycles. The largest absolute Gasteiger partial charge is 0.470 e. The number of nitriles is 1. The topological polar surface area (TPSA) is 110 Å². The van der Waals surface area contributed by atoms with Crippen molar-refractivity contribution in [1.29, 1.82) is 5.26 Å². The molecule has 1 fully saturated rings. The molecule has 9 nitrogen and oxygen atoms in total. The van der Waals surface area contributed by atoms with Gasteiger partial charge in [0.05, 0.1) is 6.54 Å². The average molecular weight is 381 g/mol. The minimum Gasteiger partial charge on any atom is -0.470 e. The van der Waals surface area contributed by atoms with Gasteiger partial charge in [0.2, 0.25) is 12.5 Å². The molecule has 1 saturated heterocycles. The lowest BCUT2D eigenvalue weighted by Gasteiger charge is -2.32. The van der Waals surface area contributed by atoms with Gasteiger partial charge in [-0.15, -0.1) is 0 Å². The normalized spacial score (nSPS) is 17.7. The fourth-order valence-corrected chi connectivity index (χ4v) is 3.21. The van der Waals surface area contributed by atoms with Gasteiger partial charge in [0.1, 0.15) is 12.2 Å². The van der Waals surface area contributed by atoms with E-state index in [1.807, 2.05) is 24.3 Å². The van der Waals surface area contributed by atoms with E-state index in [1.54, 1.807) is 4.90 Å². The van der Waals surface area contributed by atoms with Crippen LogP contribution < -0.4 is 19.5 Å². The summed E-state index contributed by atoms with van der Waals surface area (Å²) in [6.07, 6.45) is 4.29. The lowest BCUT2D eigenvalue weighted by atomic mass is 10.1. The third kappa shape index (κ3) is 3.91. The number of rotatable bonds is 4. The van der Waals surface area contributed by atoms with Gasteiger partial charge < -0.3 is 24.4 Å². The van der Waals surface area contributed by atoms with Gasteiger partial charge >= 0.3 is 6.03 Å². The van der Waals surface area contributed by atoms with Crippen LogP contribution in [0.5, 0.6) is 17.4 Å². The SMILES string of the molecule is N#Cc1nccnc1OC1CCCN(C(=O)NCc2ccc3c(c2)OCO3)C1. The number of hydrogen-bond acceptors (Lipinski definition) is 7. The van der Waals surface area contributed by atoms with Crippen molar-refractivity contribution in [3.8, 4) is 23.4 Å². The number of carbonyl (C=O) groups is 1. The molecule has 0 aliphatic carbocycles. The molecule has 0 radical (unpaired) electrons. The Bertz CT molecular complexity index is 913. The molecule has 2 aromatic rings. The van der Waals surface area contributed by atoms with Crippen molar-refractivity contribution >= 4 is 6.03 Å². The number of urea groups is 1. The molecule has 0 bridgehead atoms. The molecule has 144 valence electrons. The molecule has 1 N–H and O–H groups in total. The monoisotopic (exact) mass is 381 g/mol. The second-order valence-corrected chi connectivity index (χ2v) is 6.50. The number of fused-ring (bicyclic) bond motifs is 1. The highest BCUT2D eigenvalue weighted by atomic mass is 16.7. The Morgan fingerprint density at radius 2 is 2.18 bits per heavy atom. The molecule has 28 heavy (non-hydrogen) atoms. The van der Waals surface area contributed by atoms with Crippen LogP contribution in [0.25, 0.3) is 0 Å². The average Bonchev–Trinajstić information content (AvgIpc) is 3.20. The van der Waals surface area contributed by atoms with Crippen LogP contribution in [0, 0.1) is 11.3 Å². The van der Waals surface area contributed by atoms with E-state index < -0.39 is 0 Å². The quantitative estimate of drug-likeness (QED) is 0.860. The number of nitrogens with one attached hydrogen (secondary N) is 1. The summed E-state index contributed by atoms with van der Waals surface area (Å²) in [5.74, 6) is 1.61. The molecule has 0 spiro atoms. The van der Waals surface area contributed by atoms with Crippen LogP contribution in [0.1, 0.15) is 24.1 Å². The Kier molecular flexibility index (Phi) is 5.10. The highest BCUT2D eigenvalue weighted by Crippen LogP contribution is 2.32. The van der Waals surface area contributed by atoms with Crippen molar-refractivity contribution in [2.24, 2.45) is 0 Å². The first-order chi connectivity index (χ1) is 13.7. The van der Waals surface area contributed by atoms with Crippen molar-refractivity contribution in [1.82, 2.24) is 20.2 Å². The molecule has 2 amide bonds. The van der Waals surface area contributed by atoms with E-state index in [1.165, 1.54) is 12.4 Å². The number of carbonyl (C=O) groups excluding carboxylic acids is 1. The molecular formula is C19H19N5O4. The summed E-state index contributed by atoms with van der Waals surface area (Å²) in [6.45, 7) is 1.69. The zero-order valence-corrected chi connectivity index (χ0v) is 15.1. The molecule has 2 aliphatic rings. The predicted octanol–water partition coefficient (Wildman–Crippen LogP) is 1.83. The molecule has 4 rings (SSSR count). The second-order valence-electron chi connectivity index (χ2n) is 6.50. The Balaban J connectivity index is 1.32. The maximum Gasteiger partial charge on any atom is 0.317 e. The van der Waals surface area contributed by atoms with E-state index in [0.717, 1.165) is 18.4 Å². The number of likely N-dealkylation sites (tertiary alicyclic amines) is 1. The van der Waals surface area contributed by atoms with Gasteiger partial charge in [-0.25, -0.2) is 14.8 Å². The lowest BCUT2D eigenvalue weighted by Crippen LogP contribution is -2.48. The summed E-state index contributed by atoms with van der Waals surface area (Å²) in [7, 11) is 0. The van der Waals surface area contributed by atoms with Crippen LogP contribution in [0.4, 0.5) is 4.79 Å². The van der Waals surface area contributed by atoms with Gasteiger partial charge in [-0.2, -0.15) is 5.26 Å². The molecule has 2 aliphatic heterocycles. The highest BCUT2D eigenvalue weighted by Gasteiger charge is 2.26. The van der Waals surface area contributed by atoms with Crippen molar-refractivity contribution < 1.29 is 19.0 Å². The molecule has 1 aromatic heterocycles. The molecule has 1 unspecified atom stereocenters. The summed E-state index contributed by atoms with van der Waals surface area (Å²) in [4.78, 5) is 22.3. The first-order valence-corrected chi connectivity index (χ1v) is 9.02. The Labute approximate surface area is 161 Å². The summed E-state index contributed by atoms with van der Waals surface area (Å²) < 4.78 is 16.5. The number of nitrogens with zero attached hydrogens (tertiary/aromatic N) is 4. The smallest absolute Gasteiger partial charge is 0.317 e. The second kappa shape index (κ2) is 8.00. The predicted molar refractivity (Wildman–Crippen MR) is 96.8 cm³/mol. The highest BCUT2D eigenvalue weighted by molar-refractivity contribution is 5.74. The van der Waals surface area contributed by atoms with Gasteiger partial charge in [-0.3, -0.25) is 0 Å². The number of benzene rings is 1. The van der Waals surface area contributed by atoms with Gasteiger partial charge in [0, 0.05) is 25.5 Å². The van der Waals surface area contributed by atoms with Crippen molar-refractivity contribution in [2.45, 2.75) is 25.5 Å². The summed E-state index contributed by atoms with van der Waals surface area (Å²) in [5, 5.41) is 12.0. The minimum absolute atomic E-state index is 0.145.